The van der Waals surface area contributed by atoms with Gasteiger partial charge in [0.25, 0.3) is 0 Å². The molecule has 0 fully saturated rings. The smallest absolute Gasteiger partial charge is 0.335 e. The van der Waals surface area contributed by atoms with Gasteiger partial charge in [-0.3, -0.25) is 0 Å². The summed E-state index contributed by atoms with van der Waals surface area (Å²) in [5.74, 6) is -0.969. The Morgan fingerprint density at radius 1 is 1.33 bits per heavy atom. The van der Waals surface area contributed by atoms with E-state index in [0.29, 0.717) is 12.0 Å². The molecule has 1 unspecified atom stereocenters. The lowest BCUT2D eigenvalue weighted by Crippen LogP contribution is -2.38. The Morgan fingerprint density at radius 3 is 2.43 bits per heavy atom. The van der Waals surface area contributed by atoms with Gasteiger partial charge in [-0.25, -0.2) is 17.9 Å². The lowest BCUT2D eigenvalue weighted by Gasteiger charge is -2.19. The zero-order chi connectivity index (χ0) is 16.2. The molecule has 1 aromatic rings. The Bertz CT molecular complexity index is 610. The predicted molar refractivity (Wildman–Crippen MR) is 78.8 cm³/mol. The van der Waals surface area contributed by atoms with Crippen LogP contribution < -0.4 is 4.72 Å². The van der Waals surface area contributed by atoms with E-state index < -0.39 is 22.0 Å². The van der Waals surface area contributed by atoms with Crippen molar-refractivity contribution in [1.82, 2.24) is 4.72 Å². The third kappa shape index (κ3) is 4.80. The summed E-state index contributed by atoms with van der Waals surface area (Å²) in [4.78, 5) is 10.9. The molecule has 0 heterocycles. The number of carboxylic acids is 1. The fourth-order valence-corrected chi connectivity index (χ4v) is 3.55. The fraction of sp³-hybridized carbons (Fsp3) is 0.500. The van der Waals surface area contributed by atoms with Gasteiger partial charge >= 0.3 is 5.97 Å². The summed E-state index contributed by atoms with van der Waals surface area (Å²) in [5, 5.41) is 18.2. The largest absolute Gasteiger partial charge is 0.478 e. The molecule has 0 saturated heterocycles. The lowest BCUT2D eigenvalue weighted by molar-refractivity contribution is 0.0696. The van der Waals surface area contributed by atoms with Crippen molar-refractivity contribution in [3.05, 3.63) is 29.3 Å². The van der Waals surface area contributed by atoms with Gasteiger partial charge in [-0.15, -0.1) is 0 Å². The van der Waals surface area contributed by atoms with Crippen LogP contribution in [0.25, 0.3) is 0 Å². The first-order valence-electron chi connectivity index (χ1n) is 6.64. The van der Waals surface area contributed by atoms with Crippen LogP contribution in [0.2, 0.25) is 0 Å². The van der Waals surface area contributed by atoms with Crippen LogP contribution in [0.1, 0.15) is 36.2 Å². The van der Waals surface area contributed by atoms with Crippen molar-refractivity contribution in [1.29, 1.82) is 0 Å². The van der Waals surface area contributed by atoms with Gasteiger partial charge in [0.05, 0.1) is 17.1 Å². The molecule has 0 radical (unpaired) electrons. The standard InChI is InChI=1S/C14H21NO5S/c1-9(2)6-12(8-16)15-21(19,20)13-7-11(14(17)18)5-4-10(13)3/h4-5,7,9,12,15-16H,6,8H2,1-3H3,(H,17,18). The molecule has 0 amide bonds. The highest BCUT2D eigenvalue weighted by atomic mass is 32.2. The van der Waals surface area contributed by atoms with E-state index >= 15 is 0 Å². The Morgan fingerprint density at radius 2 is 1.95 bits per heavy atom. The van der Waals surface area contributed by atoms with Crippen LogP contribution >= 0.6 is 0 Å². The monoisotopic (exact) mass is 315 g/mol. The first-order chi connectivity index (χ1) is 9.67. The van der Waals surface area contributed by atoms with E-state index in [0.717, 1.165) is 6.07 Å². The van der Waals surface area contributed by atoms with Crippen molar-refractivity contribution < 1.29 is 23.4 Å². The summed E-state index contributed by atoms with van der Waals surface area (Å²) in [5.41, 5.74) is 0.360. The molecule has 0 aliphatic carbocycles. The molecular weight excluding hydrogens is 294 g/mol. The highest BCUT2D eigenvalue weighted by Gasteiger charge is 2.23. The molecule has 1 aromatic carbocycles. The molecule has 3 N–H and O–H groups in total. The van der Waals surface area contributed by atoms with Gasteiger partial charge in [-0.05, 0) is 37.0 Å². The zero-order valence-corrected chi connectivity index (χ0v) is 13.1. The molecule has 0 bridgehead atoms. The van der Waals surface area contributed by atoms with Crippen LogP contribution in [0, 0.1) is 12.8 Å². The second kappa shape index (κ2) is 7.02. The Labute approximate surface area is 124 Å². The van der Waals surface area contributed by atoms with Gasteiger partial charge in [-0.2, -0.15) is 0 Å². The number of carbonyl (C=O) groups is 1. The second-order valence-electron chi connectivity index (χ2n) is 5.42. The summed E-state index contributed by atoms with van der Waals surface area (Å²) < 4.78 is 27.2. The number of benzene rings is 1. The van der Waals surface area contributed by atoms with E-state index in [2.05, 4.69) is 4.72 Å². The van der Waals surface area contributed by atoms with E-state index in [1.807, 2.05) is 13.8 Å². The van der Waals surface area contributed by atoms with E-state index in [9.17, 15) is 18.3 Å². The van der Waals surface area contributed by atoms with Crippen LogP contribution in [-0.4, -0.2) is 37.2 Å². The molecule has 1 atom stereocenters. The molecule has 118 valence electrons. The average molecular weight is 315 g/mol. The first-order valence-corrected chi connectivity index (χ1v) is 8.12. The molecule has 0 saturated carbocycles. The molecule has 0 aromatic heterocycles. The summed E-state index contributed by atoms with van der Waals surface area (Å²) in [7, 11) is -3.88. The highest BCUT2D eigenvalue weighted by Crippen LogP contribution is 2.18. The molecule has 0 aliphatic heterocycles. The lowest BCUT2D eigenvalue weighted by atomic mass is 10.1. The summed E-state index contributed by atoms with van der Waals surface area (Å²) >= 11 is 0. The molecule has 0 spiro atoms. The highest BCUT2D eigenvalue weighted by molar-refractivity contribution is 7.89. The number of aryl methyl sites for hydroxylation is 1. The maximum absolute atomic E-state index is 12.4. The second-order valence-corrected chi connectivity index (χ2v) is 7.10. The molecule has 6 nitrogen and oxygen atoms in total. The number of hydrogen-bond donors (Lipinski definition) is 3. The van der Waals surface area contributed by atoms with Crippen molar-refractivity contribution >= 4 is 16.0 Å². The Kier molecular flexibility index (Phi) is 5.88. The average Bonchev–Trinajstić information content (AvgIpc) is 2.36. The SMILES string of the molecule is Cc1ccc(C(=O)O)cc1S(=O)(=O)NC(CO)CC(C)C. The van der Waals surface area contributed by atoms with Crippen LogP contribution in [0.3, 0.4) is 0 Å². The van der Waals surface area contributed by atoms with Crippen LogP contribution in [-0.2, 0) is 10.0 Å². The first kappa shape index (κ1) is 17.6. The molecule has 7 heteroatoms. The number of sulfonamides is 1. The number of hydrogen-bond acceptors (Lipinski definition) is 4. The van der Waals surface area contributed by atoms with Crippen LogP contribution in [0.15, 0.2) is 23.1 Å². The normalized spacial score (nSPS) is 13.4. The van der Waals surface area contributed by atoms with Gasteiger partial charge in [0, 0.05) is 6.04 Å². The van der Waals surface area contributed by atoms with Gasteiger partial charge in [0.1, 0.15) is 0 Å². The summed E-state index contributed by atoms with van der Waals surface area (Å²) in [6.07, 6.45) is 0.493. The molecule has 0 aliphatic rings. The zero-order valence-electron chi connectivity index (χ0n) is 12.3. The van der Waals surface area contributed by atoms with E-state index in [4.69, 9.17) is 5.11 Å². The number of rotatable bonds is 7. The van der Waals surface area contributed by atoms with E-state index in [1.165, 1.54) is 12.1 Å². The van der Waals surface area contributed by atoms with Crippen molar-refractivity contribution in [2.75, 3.05) is 6.61 Å². The third-order valence-electron chi connectivity index (χ3n) is 3.02. The number of aliphatic hydroxyl groups is 1. The van der Waals surface area contributed by atoms with Crippen molar-refractivity contribution in [3.8, 4) is 0 Å². The van der Waals surface area contributed by atoms with Gasteiger partial charge < -0.3 is 10.2 Å². The van der Waals surface area contributed by atoms with Crippen molar-refractivity contribution in [2.45, 2.75) is 38.1 Å². The van der Waals surface area contributed by atoms with Gasteiger partial charge in [0.15, 0.2) is 0 Å². The third-order valence-corrected chi connectivity index (χ3v) is 4.69. The van der Waals surface area contributed by atoms with Crippen LogP contribution in [0.4, 0.5) is 0 Å². The molecule has 1 rings (SSSR count). The predicted octanol–water partition coefficient (Wildman–Crippen LogP) is 1.38. The fourth-order valence-electron chi connectivity index (χ4n) is 2.03. The molecule has 21 heavy (non-hydrogen) atoms. The minimum Gasteiger partial charge on any atom is -0.478 e. The Hall–Kier alpha value is -1.44. The summed E-state index contributed by atoms with van der Waals surface area (Å²) in [6.45, 7) is 5.13. The number of aliphatic hydroxyl groups excluding tert-OH is 1. The van der Waals surface area contributed by atoms with Crippen molar-refractivity contribution in [2.24, 2.45) is 5.92 Å². The molecular formula is C14H21NO5S. The summed E-state index contributed by atoms with van der Waals surface area (Å²) in [6, 6.07) is 3.34. The van der Waals surface area contributed by atoms with Crippen molar-refractivity contribution in [3.63, 3.8) is 0 Å². The maximum Gasteiger partial charge on any atom is 0.335 e. The number of aromatic carboxylic acids is 1. The number of carboxylic acid groups (broad SMARTS) is 1. The quantitative estimate of drug-likeness (QED) is 0.705. The minimum absolute atomic E-state index is 0.0791. The van der Waals surface area contributed by atoms with E-state index in [1.54, 1.807) is 6.92 Å². The van der Waals surface area contributed by atoms with Crippen LogP contribution in [0.5, 0.6) is 0 Å². The Balaban J connectivity index is 3.12. The van der Waals surface area contributed by atoms with Gasteiger partial charge in [0.2, 0.25) is 10.0 Å². The minimum atomic E-state index is -3.88. The van der Waals surface area contributed by atoms with Gasteiger partial charge in [-0.1, -0.05) is 19.9 Å². The van der Waals surface area contributed by atoms with E-state index in [-0.39, 0.29) is 23.0 Å². The topological polar surface area (TPSA) is 104 Å². The number of nitrogens with one attached hydrogen (secondary N) is 1. The maximum atomic E-state index is 12.4.